The second kappa shape index (κ2) is 11.5. The molecule has 5 rings (SSSR count). The Hall–Kier alpha value is -5.15. The van der Waals surface area contributed by atoms with E-state index in [2.05, 4.69) is 9.98 Å². The van der Waals surface area contributed by atoms with Crippen LogP contribution in [0, 0.1) is 23.0 Å². The lowest BCUT2D eigenvalue weighted by Crippen LogP contribution is -2.24. The molecule has 41 heavy (non-hydrogen) atoms. The van der Waals surface area contributed by atoms with Gasteiger partial charge in [0.15, 0.2) is 17.3 Å². The zero-order chi connectivity index (χ0) is 29.1. The van der Waals surface area contributed by atoms with E-state index >= 15 is 4.39 Å². The van der Waals surface area contributed by atoms with Crippen molar-refractivity contribution in [3.63, 3.8) is 0 Å². The quantitative estimate of drug-likeness (QED) is 0.258. The number of carboxylic acids is 1. The van der Waals surface area contributed by atoms with Gasteiger partial charge in [-0.1, -0.05) is 11.8 Å². The van der Waals surface area contributed by atoms with Gasteiger partial charge in [-0.05, 0) is 54.6 Å². The number of aromatic hydroxyl groups is 1. The van der Waals surface area contributed by atoms with Crippen LogP contribution in [0.5, 0.6) is 28.9 Å². The van der Waals surface area contributed by atoms with Crippen LogP contribution < -0.4 is 9.47 Å². The van der Waals surface area contributed by atoms with Gasteiger partial charge in [0, 0.05) is 29.4 Å². The number of hydrogen-bond donors (Lipinski definition) is 2. The first-order valence-electron chi connectivity index (χ1n) is 12.1. The summed E-state index contributed by atoms with van der Waals surface area (Å²) in [5, 5.41) is 28.3. The fraction of sp³-hybridized carbons (Fsp3) is 0.103. The number of carboxylic acid groups (broad SMARTS) is 1. The molecule has 0 unspecified atom stereocenters. The van der Waals surface area contributed by atoms with Crippen LogP contribution in [0.15, 0.2) is 81.6 Å². The number of aliphatic imine (C=N–C) groups is 1. The number of phenols is 1. The molecule has 0 amide bonds. The molecular weight excluding hydrogens is 554 g/mol. The lowest BCUT2D eigenvalue weighted by molar-refractivity contribution is 0.0696. The molecule has 0 aliphatic carbocycles. The average Bonchev–Trinajstić information content (AvgIpc) is 3.40. The van der Waals surface area contributed by atoms with Crippen molar-refractivity contribution in [2.24, 2.45) is 4.99 Å². The van der Waals surface area contributed by atoms with Gasteiger partial charge >= 0.3 is 5.97 Å². The van der Waals surface area contributed by atoms with Crippen LogP contribution >= 0.6 is 11.8 Å². The number of aromatic carboxylic acids is 1. The minimum absolute atomic E-state index is 0.118. The van der Waals surface area contributed by atoms with Crippen molar-refractivity contribution in [3.8, 4) is 34.9 Å². The molecule has 206 valence electrons. The molecule has 0 radical (unpaired) electrons. The molecule has 0 spiro atoms. The Morgan fingerprint density at radius 2 is 1.80 bits per heavy atom. The molecule has 0 fully saturated rings. The molecule has 9 nitrogen and oxygen atoms in total. The maximum absolute atomic E-state index is 15.5. The summed E-state index contributed by atoms with van der Waals surface area (Å²) in [5.74, 6) is -4.74. The zero-order valence-corrected chi connectivity index (χ0v) is 22.2. The Labute approximate surface area is 236 Å². The molecule has 2 N–H and O–H groups in total. The molecule has 1 aliphatic heterocycles. The van der Waals surface area contributed by atoms with E-state index < -0.39 is 29.2 Å². The van der Waals surface area contributed by atoms with Crippen LogP contribution in [0.3, 0.4) is 0 Å². The van der Waals surface area contributed by atoms with Crippen molar-refractivity contribution in [2.45, 2.75) is 9.79 Å². The van der Waals surface area contributed by atoms with E-state index in [0.717, 1.165) is 16.0 Å². The first-order chi connectivity index (χ1) is 19.7. The lowest BCUT2D eigenvalue weighted by Gasteiger charge is -2.19. The van der Waals surface area contributed by atoms with Gasteiger partial charge in [0.1, 0.15) is 11.6 Å². The number of hydrogen-bond acceptors (Lipinski definition) is 9. The topological polar surface area (TPSA) is 128 Å². The zero-order valence-electron chi connectivity index (χ0n) is 21.3. The highest BCUT2D eigenvalue weighted by molar-refractivity contribution is 7.99. The molecule has 0 saturated heterocycles. The highest BCUT2D eigenvalue weighted by atomic mass is 32.2. The van der Waals surface area contributed by atoms with Gasteiger partial charge in [-0.2, -0.15) is 9.65 Å². The van der Waals surface area contributed by atoms with Crippen LogP contribution in [0.4, 0.5) is 8.78 Å². The number of aromatic nitrogens is 1. The van der Waals surface area contributed by atoms with Crippen molar-refractivity contribution < 1.29 is 33.3 Å². The normalized spacial score (nSPS) is 12.5. The highest BCUT2D eigenvalue weighted by Gasteiger charge is 2.25. The molecule has 3 aromatic carbocycles. The fourth-order valence-electron chi connectivity index (χ4n) is 3.94. The predicted molar refractivity (Wildman–Crippen MR) is 145 cm³/mol. The van der Waals surface area contributed by atoms with Crippen LogP contribution in [0.2, 0.25) is 0 Å². The number of nitriles is 1. The molecular formula is C29H20F2N4O5S. The second-order valence-electron chi connectivity index (χ2n) is 8.77. The number of rotatable bonds is 8. The molecule has 1 aliphatic rings. The Bertz CT molecular complexity index is 1720. The van der Waals surface area contributed by atoms with Gasteiger partial charge in [-0.15, -0.1) is 0 Å². The van der Waals surface area contributed by atoms with E-state index in [1.807, 2.05) is 18.0 Å². The number of likely N-dealkylation sites (N-methyl/N-ethyl adjacent to an activating group) is 1. The van der Waals surface area contributed by atoms with Gasteiger partial charge in [0.25, 0.3) is 5.88 Å². The molecule has 0 saturated carbocycles. The monoisotopic (exact) mass is 574 g/mol. The van der Waals surface area contributed by atoms with Crippen LogP contribution in [-0.4, -0.2) is 52.0 Å². The minimum atomic E-state index is -1.25. The van der Waals surface area contributed by atoms with Crippen LogP contribution in [0.1, 0.15) is 21.5 Å². The summed E-state index contributed by atoms with van der Waals surface area (Å²) in [5.41, 5.74) is 0.798. The third-order valence-corrected chi connectivity index (χ3v) is 6.99. The number of amidine groups is 1. The van der Waals surface area contributed by atoms with Crippen molar-refractivity contribution in [1.29, 1.82) is 5.26 Å². The Morgan fingerprint density at radius 1 is 1.05 bits per heavy atom. The van der Waals surface area contributed by atoms with Crippen LogP contribution in [-0.2, 0) is 0 Å². The van der Waals surface area contributed by atoms with Crippen molar-refractivity contribution in [2.75, 3.05) is 20.1 Å². The van der Waals surface area contributed by atoms with Gasteiger partial charge < -0.3 is 24.6 Å². The highest BCUT2D eigenvalue weighted by Crippen LogP contribution is 2.39. The van der Waals surface area contributed by atoms with E-state index in [0.29, 0.717) is 24.5 Å². The smallest absolute Gasteiger partial charge is 0.335 e. The molecule has 0 atom stereocenters. The van der Waals surface area contributed by atoms with Crippen LogP contribution in [0.25, 0.3) is 0 Å². The first-order valence-corrected chi connectivity index (χ1v) is 12.9. The maximum atomic E-state index is 15.5. The molecule has 4 aromatic rings. The Morgan fingerprint density at radius 3 is 2.49 bits per heavy atom. The SMILES string of the molecule is CN1CCN=C1c1cc(Sc2ccc(C(=O)O)cc2)ccc1Oc1c(F)cnc(Oc2cc(C#N)ccc2O)c1F. The Balaban J connectivity index is 1.48. The number of pyridine rings is 1. The van der Waals surface area contributed by atoms with E-state index in [-0.39, 0.29) is 28.4 Å². The molecule has 12 heteroatoms. The molecule has 1 aromatic heterocycles. The summed E-state index contributed by atoms with van der Waals surface area (Å²) in [7, 11) is 1.83. The summed E-state index contributed by atoms with van der Waals surface area (Å²) >= 11 is 1.36. The average molecular weight is 575 g/mol. The first kappa shape index (κ1) is 27.4. The second-order valence-corrected chi connectivity index (χ2v) is 9.92. The predicted octanol–water partition coefficient (Wildman–Crippen LogP) is 6.06. The van der Waals surface area contributed by atoms with E-state index in [9.17, 15) is 14.3 Å². The third-order valence-electron chi connectivity index (χ3n) is 5.99. The van der Waals surface area contributed by atoms with Gasteiger partial charge in [0.2, 0.25) is 11.6 Å². The number of halogens is 2. The summed E-state index contributed by atoms with van der Waals surface area (Å²) < 4.78 is 41.4. The number of nitrogens with zero attached hydrogens (tertiary/aromatic N) is 4. The number of phenolic OH excluding ortho intramolecular Hbond substituents is 1. The molecule has 0 bridgehead atoms. The van der Waals surface area contributed by atoms with Crippen molar-refractivity contribution >= 4 is 23.6 Å². The minimum Gasteiger partial charge on any atom is -0.504 e. The van der Waals surface area contributed by atoms with E-state index in [4.69, 9.17) is 19.8 Å². The van der Waals surface area contributed by atoms with E-state index in [1.165, 1.54) is 42.1 Å². The number of carbonyl (C=O) groups is 1. The number of ether oxygens (including phenoxy) is 2. The van der Waals surface area contributed by atoms with E-state index in [1.54, 1.807) is 30.3 Å². The van der Waals surface area contributed by atoms with Gasteiger partial charge in [0.05, 0.1) is 35.5 Å². The lowest BCUT2D eigenvalue weighted by atomic mass is 10.1. The van der Waals surface area contributed by atoms with Gasteiger partial charge in [-0.25, -0.2) is 14.2 Å². The number of benzene rings is 3. The standard InChI is InChI=1S/C29H20F2N4O5S/c1-35-11-10-33-27(35)20-13-19(41-18-5-3-17(4-6-18)29(37)38)7-9-23(20)39-26-21(30)15-34-28(25(26)31)40-24-12-16(14-32)2-8-22(24)36/h2-9,12-13,15,36H,10-11H2,1H3,(H,37,38). The fourth-order valence-corrected chi connectivity index (χ4v) is 4.80. The summed E-state index contributed by atoms with van der Waals surface area (Å²) in [4.78, 5) is 22.7. The summed E-state index contributed by atoms with van der Waals surface area (Å²) in [6, 6.07) is 17.0. The van der Waals surface area contributed by atoms with Gasteiger partial charge in [-0.3, -0.25) is 4.99 Å². The molecule has 2 heterocycles. The van der Waals surface area contributed by atoms with Crippen molar-refractivity contribution in [3.05, 3.63) is 95.2 Å². The van der Waals surface area contributed by atoms with Crippen molar-refractivity contribution in [1.82, 2.24) is 9.88 Å². The summed E-state index contributed by atoms with van der Waals surface area (Å²) in [6.45, 7) is 1.17. The maximum Gasteiger partial charge on any atom is 0.335 e. The third kappa shape index (κ3) is 5.90. The summed E-state index contributed by atoms with van der Waals surface area (Å²) in [6.07, 6.45) is 0.725. The largest absolute Gasteiger partial charge is 0.504 e. The Kier molecular flexibility index (Phi) is 7.71.